The third kappa shape index (κ3) is 4.37. The van der Waals surface area contributed by atoms with Gasteiger partial charge in [-0.1, -0.05) is 18.2 Å². The standard InChI is InChI=1S/C26H20F8N4O3S/c27-17-3-5-19(6-4-17)42(40,41)23-10-12-38(22(39)37-18-9-11-35-36-14-18)21(23)8-1-15-13-16(2-7-20(15)23)24(28,25(29,30)31)26(32,33)34/h2-7,9,11,13-14,21H,1,8,10,12H2,(H,35,37,39)/t21-,23-/m1/s1. The number of urea groups is 1. The lowest BCUT2D eigenvalue weighted by Crippen LogP contribution is -2.53. The number of rotatable bonds is 4. The summed E-state index contributed by atoms with van der Waals surface area (Å²) in [6, 6.07) is 4.67. The molecule has 1 N–H and O–H groups in total. The van der Waals surface area contributed by atoms with Crippen LogP contribution in [0.1, 0.15) is 29.5 Å². The fourth-order valence-corrected chi connectivity index (χ4v) is 8.22. The van der Waals surface area contributed by atoms with E-state index in [1.807, 2.05) is 0 Å². The van der Waals surface area contributed by atoms with Gasteiger partial charge in [0.25, 0.3) is 0 Å². The number of halogens is 8. The number of carbonyl (C=O) groups is 1. The van der Waals surface area contributed by atoms with Crippen LogP contribution in [0, 0.1) is 5.82 Å². The van der Waals surface area contributed by atoms with E-state index in [0.29, 0.717) is 6.07 Å². The molecule has 0 spiro atoms. The van der Waals surface area contributed by atoms with E-state index >= 15 is 0 Å². The summed E-state index contributed by atoms with van der Waals surface area (Å²) in [7, 11) is -4.58. The Morgan fingerprint density at radius 1 is 0.952 bits per heavy atom. The first-order valence-corrected chi connectivity index (χ1v) is 13.8. The molecule has 7 nitrogen and oxygen atoms in total. The van der Waals surface area contributed by atoms with Crippen LogP contribution < -0.4 is 5.32 Å². The molecule has 1 aromatic heterocycles. The van der Waals surface area contributed by atoms with E-state index in [1.54, 1.807) is 0 Å². The first kappa shape index (κ1) is 29.7. The van der Waals surface area contributed by atoms with Crippen LogP contribution in [0.2, 0.25) is 0 Å². The number of hydrogen-bond donors (Lipinski definition) is 1. The first-order valence-electron chi connectivity index (χ1n) is 12.3. The number of likely N-dealkylation sites (tertiary alicyclic amines) is 1. The Balaban J connectivity index is 1.67. The predicted octanol–water partition coefficient (Wildman–Crippen LogP) is 5.83. The fraction of sp³-hybridized carbons (Fsp3) is 0.346. The summed E-state index contributed by atoms with van der Waals surface area (Å²) in [4.78, 5) is 14.1. The number of sulfone groups is 1. The van der Waals surface area contributed by atoms with Crippen LogP contribution >= 0.6 is 0 Å². The van der Waals surface area contributed by atoms with Crippen molar-refractivity contribution in [3.8, 4) is 0 Å². The number of carbonyl (C=O) groups excluding carboxylic acids is 1. The Morgan fingerprint density at radius 2 is 1.62 bits per heavy atom. The monoisotopic (exact) mass is 620 g/mol. The average Bonchev–Trinajstić information content (AvgIpc) is 3.34. The molecule has 1 aliphatic carbocycles. The van der Waals surface area contributed by atoms with Crippen molar-refractivity contribution < 1.29 is 48.3 Å². The molecule has 1 saturated heterocycles. The minimum atomic E-state index is -6.36. The van der Waals surface area contributed by atoms with Gasteiger partial charge in [-0.05, 0) is 60.7 Å². The molecule has 0 bridgehead atoms. The molecule has 2 amide bonds. The molecule has 2 heterocycles. The third-order valence-electron chi connectivity index (χ3n) is 7.77. The summed E-state index contributed by atoms with van der Waals surface area (Å²) < 4.78 is 136. The third-order valence-corrected chi connectivity index (χ3v) is 10.3. The smallest absolute Gasteiger partial charge is 0.320 e. The van der Waals surface area contributed by atoms with Crippen molar-refractivity contribution >= 4 is 21.6 Å². The zero-order chi connectivity index (χ0) is 30.7. The molecule has 0 radical (unpaired) electrons. The lowest BCUT2D eigenvalue weighted by atomic mass is 9.77. The highest BCUT2D eigenvalue weighted by Crippen LogP contribution is 2.56. The molecule has 2 atom stereocenters. The van der Waals surface area contributed by atoms with Crippen molar-refractivity contribution in [3.63, 3.8) is 0 Å². The fourth-order valence-electron chi connectivity index (χ4n) is 5.86. The molecule has 224 valence electrons. The lowest BCUT2D eigenvalue weighted by Gasteiger charge is -2.43. The average molecular weight is 621 g/mol. The number of aromatic nitrogens is 2. The van der Waals surface area contributed by atoms with Crippen molar-refractivity contribution in [3.05, 3.63) is 83.4 Å². The molecular formula is C26H20F8N4O3S. The van der Waals surface area contributed by atoms with Gasteiger partial charge >= 0.3 is 24.1 Å². The van der Waals surface area contributed by atoms with Crippen molar-refractivity contribution in [2.45, 2.75) is 53.0 Å². The molecule has 0 unspecified atom stereocenters. The van der Waals surface area contributed by atoms with Crippen LogP contribution in [-0.2, 0) is 26.7 Å². The van der Waals surface area contributed by atoms with Crippen LogP contribution in [0.25, 0.3) is 0 Å². The molecule has 3 aromatic rings. The van der Waals surface area contributed by atoms with E-state index in [-0.39, 0.29) is 53.6 Å². The van der Waals surface area contributed by atoms with Crippen molar-refractivity contribution in [2.24, 2.45) is 0 Å². The Kier molecular flexibility index (Phi) is 6.98. The second-order valence-electron chi connectivity index (χ2n) is 9.93. The van der Waals surface area contributed by atoms with Gasteiger partial charge in [0, 0.05) is 12.1 Å². The number of hydrogen-bond acceptors (Lipinski definition) is 5. The van der Waals surface area contributed by atoms with Gasteiger partial charge in [-0.2, -0.15) is 36.5 Å². The normalized spacial score (nSPS) is 21.0. The van der Waals surface area contributed by atoms with Crippen LogP contribution in [0.15, 0.2) is 65.8 Å². The van der Waals surface area contributed by atoms with Crippen molar-refractivity contribution in [1.29, 1.82) is 0 Å². The maximum Gasteiger partial charge on any atom is 0.435 e. The number of fused-ring (bicyclic) bond motifs is 3. The molecule has 2 aliphatic rings. The van der Waals surface area contributed by atoms with Gasteiger partial charge in [-0.15, -0.1) is 0 Å². The summed E-state index contributed by atoms with van der Waals surface area (Å²) >= 11 is 0. The van der Waals surface area contributed by atoms with Crippen LogP contribution in [0.3, 0.4) is 0 Å². The minimum absolute atomic E-state index is 0.167. The Hall–Kier alpha value is -3.82. The van der Waals surface area contributed by atoms with E-state index in [0.717, 1.165) is 30.3 Å². The van der Waals surface area contributed by atoms with Gasteiger partial charge in [0.2, 0.25) is 0 Å². The first-order chi connectivity index (χ1) is 19.5. The number of nitrogens with zero attached hydrogens (tertiary/aromatic N) is 3. The van der Waals surface area contributed by atoms with Gasteiger partial charge in [-0.25, -0.2) is 22.0 Å². The number of nitrogens with one attached hydrogen (secondary N) is 1. The van der Waals surface area contributed by atoms with Gasteiger partial charge in [0.1, 0.15) is 10.6 Å². The summed E-state index contributed by atoms with van der Waals surface area (Å²) in [5.74, 6) is -0.756. The summed E-state index contributed by atoms with van der Waals surface area (Å²) in [6.07, 6.45) is -11.0. The molecular weight excluding hydrogens is 600 g/mol. The Bertz CT molecular complexity index is 1600. The zero-order valence-electron chi connectivity index (χ0n) is 21.2. The van der Waals surface area contributed by atoms with E-state index in [9.17, 15) is 48.3 Å². The molecule has 2 aromatic carbocycles. The molecule has 5 rings (SSSR count). The maximum atomic E-state index is 14.9. The van der Waals surface area contributed by atoms with E-state index in [4.69, 9.17) is 0 Å². The van der Waals surface area contributed by atoms with Crippen LogP contribution in [0.4, 0.5) is 45.6 Å². The SMILES string of the molecule is O=C(Nc1ccnnc1)N1CC[C@@]2(S(=O)(=O)c3ccc(F)cc3)c3ccc(C(F)(C(F)(F)F)C(F)(F)F)cc3CC[C@@H]12. The van der Waals surface area contributed by atoms with Crippen LogP contribution in [-0.4, -0.2) is 54.5 Å². The molecule has 42 heavy (non-hydrogen) atoms. The number of amides is 2. The van der Waals surface area contributed by atoms with E-state index < -0.39 is 56.1 Å². The highest BCUT2D eigenvalue weighted by molar-refractivity contribution is 7.92. The van der Waals surface area contributed by atoms with Crippen molar-refractivity contribution in [2.75, 3.05) is 11.9 Å². The quantitative estimate of drug-likeness (QED) is 0.293. The zero-order valence-corrected chi connectivity index (χ0v) is 22.0. The predicted molar refractivity (Wildman–Crippen MR) is 131 cm³/mol. The van der Waals surface area contributed by atoms with E-state index in [1.165, 1.54) is 23.4 Å². The molecule has 0 saturated carbocycles. The minimum Gasteiger partial charge on any atom is -0.320 e. The molecule has 16 heteroatoms. The maximum absolute atomic E-state index is 14.9. The largest absolute Gasteiger partial charge is 0.435 e. The van der Waals surface area contributed by atoms with Gasteiger partial charge < -0.3 is 10.2 Å². The lowest BCUT2D eigenvalue weighted by molar-refractivity contribution is -0.348. The summed E-state index contributed by atoms with van der Waals surface area (Å²) in [5, 5.41) is 9.79. The number of benzene rings is 2. The van der Waals surface area contributed by atoms with E-state index in [2.05, 4.69) is 15.5 Å². The second-order valence-corrected chi connectivity index (χ2v) is 12.1. The van der Waals surface area contributed by atoms with Gasteiger partial charge in [0.05, 0.1) is 29.0 Å². The topological polar surface area (TPSA) is 92.3 Å². The van der Waals surface area contributed by atoms with Crippen LogP contribution in [0.5, 0.6) is 0 Å². The van der Waals surface area contributed by atoms with Crippen molar-refractivity contribution in [1.82, 2.24) is 15.1 Å². The highest BCUT2D eigenvalue weighted by Gasteiger charge is 2.73. The number of aryl methyl sites for hydroxylation is 1. The number of anilines is 1. The highest BCUT2D eigenvalue weighted by atomic mass is 32.2. The Labute approximate surface area is 233 Å². The Morgan fingerprint density at radius 3 is 2.21 bits per heavy atom. The van der Waals surface area contributed by atoms with Gasteiger partial charge in [-0.3, -0.25) is 0 Å². The summed E-state index contributed by atoms with van der Waals surface area (Å²) in [5.41, 5.74) is -7.64. The summed E-state index contributed by atoms with van der Waals surface area (Å²) in [6.45, 7) is -0.172. The molecule has 1 fully saturated rings. The number of alkyl halides is 7. The molecule has 1 aliphatic heterocycles. The second kappa shape index (κ2) is 9.88. The van der Waals surface area contributed by atoms with Gasteiger partial charge in [0.15, 0.2) is 9.84 Å².